The molecule has 0 N–H and O–H groups in total. The summed E-state index contributed by atoms with van der Waals surface area (Å²) in [4.78, 5) is 4.59. The van der Waals surface area contributed by atoms with Crippen LogP contribution in [-0.4, -0.2) is 9.55 Å². The van der Waals surface area contributed by atoms with Crippen LogP contribution in [0.3, 0.4) is 0 Å². The number of rotatable bonds is 3. The van der Waals surface area contributed by atoms with Crippen molar-refractivity contribution in [2.45, 2.75) is 26.8 Å². The van der Waals surface area contributed by atoms with Crippen LogP contribution in [0.5, 0.6) is 0 Å². The van der Waals surface area contributed by atoms with Crippen molar-refractivity contribution < 1.29 is 0 Å². The lowest BCUT2D eigenvalue weighted by Gasteiger charge is -2.11. The fraction of sp³-hybridized carbons (Fsp3) is 0.222. The van der Waals surface area contributed by atoms with E-state index in [1.807, 2.05) is 18.2 Å². The number of imidazole rings is 1. The van der Waals surface area contributed by atoms with Gasteiger partial charge < -0.3 is 4.57 Å². The maximum absolute atomic E-state index is 9.03. The summed E-state index contributed by atoms with van der Waals surface area (Å²) in [5, 5.41) is 9.03. The van der Waals surface area contributed by atoms with Gasteiger partial charge in [0.15, 0.2) is 0 Å². The molecule has 21 heavy (non-hydrogen) atoms. The number of aromatic nitrogens is 2. The van der Waals surface area contributed by atoms with Crippen LogP contribution >= 0.6 is 0 Å². The van der Waals surface area contributed by atoms with Gasteiger partial charge in [0.1, 0.15) is 5.82 Å². The van der Waals surface area contributed by atoms with Crippen LogP contribution in [0.1, 0.15) is 22.5 Å². The number of fused-ring (bicyclic) bond motifs is 1. The molecule has 0 radical (unpaired) electrons. The Morgan fingerprint density at radius 3 is 2.76 bits per heavy atom. The lowest BCUT2D eigenvalue weighted by Crippen LogP contribution is -2.06. The van der Waals surface area contributed by atoms with Gasteiger partial charge in [-0.2, -0.15) is 5.26 Å². The van der Waals surface area contributed by atoms with Crippen LogP contribution in [0, 0.1) is 25.2 Å². The Morgan fingerprint density at radius 2 is 1.95 bits per heavy atom. The Kier molecular flexibility index (Phi) is 3.45. The summed E-state index contributed by atoms with van der Waals surface area (Å²) in [5.41, 5.74) is 5.83. The maximum atomic E-state index is 9.03. The number of benzene rings is 2. The van der Waals surface area contributed by atoms with Gasteiger partial charge in [-0.05, 0) is 37.1 Å². The average Bonchev–Trinajstić information content (AvgIpc) is 2.81. The van der Waals surface area contributed by atoms with Gasteiger partial charge in [-0.1, -0.05) is 35.9 Å². The van der Waals surface area contributed by atoms with Crippen molar-refractivity contribution >= 4 is 11.0 Å². The SMILES string of the molecule is Cc1ccc(C)c(Cn2c(CC#N)nc3ccccc32)c1. The number of aryl methyl sites for hydroxylation is 2. The van der Waals surface area contributed by atoms with Crippen LogP contribution < -0.4 is 0 Å². The molecule has 0 bridgehead atoms. The Bertz CT molecular complexity index is 837. The maximum Gasteiger partial charge on any atom is 0.124 e. The standard InChI is InChI=1S/C18H17N3/c1-13-7-8-14(2)15(11-13)12-21-17-6-4-3-5-16(17)20-18(21)9-10-19/h3-8,11H,9,12H2,1-2H3. The second-order valence-electron chi connectivity index (χ2n) is 5.37. The fourth-order valence-electron chi connectivity index (χ4n) is 2.65. The van der Waals surface area contributed by atoms with Gasteiger partial charge in [0.25, 0.3) is 0 Å². The van der Waals surface area contributed by atoms with Crippen molar-refractivity contribution in [1.82, 2.24) is 9.55 Å². The molecule has 104 valence electrons. The summed E-state index contributed by atoms with van der Waals surface area (Å²) in [6.07, 6.45) is 0.333. The molecule has 0 fully saturated rings. The largest absolute Gasteiger partial charge is 0.323 e. The zero-order valence-corrected chi connectivity index (χ0v) is 12.3. The molecule has 2 aromatic carbocycles. The average molecular weight is 275 g/mol. The van der Waals surface area contributed by atoms with E-state index in [1.54, 1.807) is 0 Å². The minimum atomic E-state index is 0.333. The Labute approximate surface area is 124 Å². The molecular formula is C18H17N3. The number of nitriles is 1. The monoisotopic (exact) mass is 275 g/mol. The third-order valence-corrected chi connectivity index (χ3v) is 3.80. The van der Waals surface area contributed by atoms with Gasteiger partial charge in [-0.3, -0.25) is 0 Å². The first kappa shape index (κ1) is 13.4. The highest BCUT2D eigenvalue weighted by Gasteiger charge is 2.11. The minimum absolute atomic E-state index is 0.333. The molecule has 0 unspecified atom stereocenters. The van der Waals surface area contributed by atoms with Crippen molar-refractivity contribution in [3.8, 4) is 6.07 Å². The highest BCUT2D eigenvalue weighted by molar-refractivity contribution is 5.76. The summed E-state index contributed by atoms with van der Waals surface area (Å²) in [7, 11) is 0. The molecule has 3 aromatic rings. The van der Waals surface area contributed by atoms with Crippen molar-refractivity contribution in [2.75, 3.05) is 0 Å². The molecule has 3 rings (SSSR count). The van der Waals surface area contributed by atoms with Gasteiger partial charge in [-0.15, -0.1) is 0 Å². The molecule has 3 nitrogen and oxygen atoms in total. The molecule has 1 heterocycles. The van der Waals surface area contributed by atoms with Gasteiger partial charge in [-0.25, -0.2) is 4.98 Å². The third-order valence-electron chi connectivity index (χ3n) is 3.80. The quantitative estimate of drug-likeness (QED) is 0.730. The molecular weight excluding hydrogens is 258 g/mol. The molecule has 3 heteroatoms. The first-order valence-electron chi connectivity index (χ1n) is 7.06. The normalized spacial score (nSPS) is 10.7. The van der Waals surface area contributed by atoms with E-state index >= 15 is 0 Å². The van der Waals surface area contributed by atoms with E-state index < -0.39 is 0 Å². The van der Waals surface area contributed by atoms with Crippen LogP contribution in [0.2, 0.25) is 0 Å². The Morgan fingerprint density at radius 1 is 1.14 bits per heavy atom. The molecule has 0 atom stereocenters. The van der Waals surface area contributed by atoms with Crippen molar-refractivity contribution in [2.24, 2.45) is 0 Å². The molecule has 1 aromatic heterocycles. The number of hydrogen-bond donors (Lipinski definition) is 0. The van der Waals surface area contributed by atoms with E-state index in [9.17, 15) is 0 Å². The summed E-state index contributed by atoms with van der Waals surface area (Å²) < 4.78 is 2.15. The summed E-state index contributed by atoms with van der Waals surface area (Å²) in [5.74, 6) is 0.833. The molecule has 0 aliphatic rings. The molecule has 0 spiro atoms. The zero-order chi connectivity index (χ0) is 14.8. The highest BCUT2D eigenvalue weighted by atomic mass is 15.1. The Balaban J connectivity index is 2.12. The second kappa shape index (κ2) is 5.41. The van der Waals surface area contributed by atoms with Crippen LogP contribution in [-0.2, 0) is 13.0 Å². The number of para-hydroxylation sites is 2. The highest BCUT2D eigenvalue weighted by Crippen LogP contribution is 2.20. The second-order valence-corrected chi connectivity index (χ2v) is 5.37. The van der Waals surface area contributed by atoms with Gasteiger partial charge in [0.05, 0.1) is 23.5 Å². The zero-order valence-electron chi connectivity index (χ0n) is 12.3. The summed E-state index contributed by atoms with van der Waals surface area (Å²) in [6, 6.07) is 16.7. The van der Waals surface area contributed by atoms with Crippen molar-refractivity contribution in [3.05, 3.63) is 65.0 Å². The predicted molar refractivity (Wildman–Crippen MR) is 84.1 cm³/mol. The molecule has 0 aliphatic carbocycles. The van der Waals surface area contributed by atoms with Gasteiger partial charge in [0, 0.05) is 6.54 Å². The minimum Gasteiger partial charge on any atom is -0.323 e. The predicted octanol–water partition coefficient (Wildman–Crippen LogP) is 3.77. The van der Waals surface area contributed by atoms with Crippen LogP contribution in [0.15, 0.2) is 42.5 Å². The van der Waals surface area contributed by atoms with E-state index in [0.29, 0.717) is 6.42 Å². The fourth-order valence-corrected chi connectivity index (χ4v) is 2.65. The summed E-state index contributed by atoms with van der Waals surface area (Å²) in [6.45, 7) is 4.98. The van der Waals surface area contributed by atoms with E-state index in [1.165, 1.54) is 16.7 Å². The third kappa shape index (κ3) is 2.53. The molecule has 0 saturated carbocycles. The Hall–Kier alpha value is -2.60. The van der Waals surface area contributed by atoms with E-state index in [0.717, 1.165) is 23.4 Å². The van der Waals surface area contributed by atoms with Crippen molar-refractivity contribution in [3.63, 3.8) is 0 Å². The van der Waals surface area contributed by atoms with Gasteiger partial charge in [0.2, 0.25) is 0 Å². The van der Waals surface area contributed by atoms with Crippen molar-refractivity contribution in [1.29, 1.82) is 5.26 Å². The van der Waals surface area contributed by atoms with E-state index in [-0.39, 0.29) is 0 Å². The van der Waals surface area contributed by atoms with Crippen LogP contribution in [0.25, 0.3) is 11.0 Å². The molecule has 0 aliphatic heterocycles. The molecule has 0 saturated heterocycles. The lowest BCUT2D eigenvalue weighted by molar-refractivity contribution is 0.765. The first-order chi connectivity index (χ1) is 10.2. The van der Waals surface area contributed by atoms with Crippen LogP contribution in [0.4, 0.5) is 0 Å². The lowest BCUT2D eigenvalue weighted by atomic mass is 10.1. The smallest absolute Gasteiger partial charge is 0.124 e. The number of hydrogen-bond acceptors (Lipinski definition) is 2. The summed E-state index contributed by atoms with van der Waals surface area (Å²) >= 11 is 0. The first-order valence-corrected chi connectivity index (χ1v) is 7.06. The molecule has 0 amide bonds. The van der Waals surface area contributed by atoms with E-state index in [2.05, 4.69) is 53.7 Å². The topological polar surface area (TPSA) is 41.6 Å². The van der Waals surface area contributed by atoms with E-state index in [4.69, 9.17) is 5.26 Å². The van der Waals surface area contributed by atoms with Gasteiger partial charge >= 0.3 is 0 Å². The number of nitrogens with zero attached hydrogens (tertiary/aromatic N) is 3.